The van der Waals surface area contributed by atoms with Gasteiger partial charge in [-0.3, -0.25) is 9.59 Å². The largest absolute Gasteiger partial charge is 0.483 e. The van der Waals surface area contributed by atoms with Crippen molar-refractivity contribution in [3.05, 3.63) is 64.1 Å². The normalized spacial score (nSPS) is 11.6. The Morgan fingerprint density at radius 3 is 2.52 bits per heavy atom. The van der Waals surface area contributed by atoms with Crippen molar-refractivity contribution in [3.63, 3.8) is 0 Å². The van der Waals surface area contributed by atoms with Crippen molar-refractivity contribution in [1.82, 2.24) is 5.32 Å². The molecular formula is C17H17BrN2O3. The summed E-state index contributed by atoms with van der Waals surface area (Å²) in [7, 11) is 0. The molecule has 0 heterocycles. The van der Waals surface area contributed by atoms with Crippen LogP contribution in [0.1, 0.15) is 28.9 Å². The Hall–Kier alpha value is -2.34. The molecule has 5 nitrogen and oxygen atoms in total. The van der Waals surface area contributed by atoms with E-state index in [1.807, 2.05) is 31.2 Å². The highest BCUT2D eigenvalue weighted by Gasteiger charge is 2.17. The maximum Gasteiger partial charge on any atom is 0.255 e. The highest BCUT2D eigenvalue weighted by atomic mass is 79.9. The summed E-state index contributed by atoms with van der Waals surface area (Å²) in [5.74, 6) is -0.557. The molecule has 0 bridgehead atoms. The lowest BCUT2D eigenvalue weighted by Gasteiger charge is -2.17. The van der Waals surface area contributed by atoms with E-state index < -0.39 is 5.91 Å². The Labute approximate surface area is 143 Å². The van der Waals surface area contributed by atoms with Gasteiger partial charge in [-0.1, -0.05) is 46.3 Å². The molecule has 2 aromatic rings. The fraction of sp³-hybridized carbons (Fsp3) is 0.176. The molecule has 1 unspecified atom stereocenters. The molecule has 120 valence electrons. The molecule has 0 aliphatic carbocycles. The minimum Gasteiger partial charge on any atom is -0.483 e. The molecule has 0 aliphatic rings. The molecule has 0 fully saturated rings. The molecule has 0 aromatic heterocycles. The van der Waals surface area contributed by atoms with Crippen molar-refractivity contribution in [2.24, 2.45) is 5.73 Å². The number of hydrogen-bond donors (Lipinski definition) is 2. The van der Waals surface area contributed by atoms with Gasteiger partial charge in [0.2, 0.25) is 0 Å². The Balaban J connectivity index is 2.14. The lowest BCUT2D eigenvalue weighted by Crippen LogP contribution is -2.28. The molecule has 0 radical (unpaired) electrons. The summed E-state index contributed by atoms with van der Waals surface area (Å²) < 4.78 is 6.21. The van der Waals surface area contributed by atoms with E-state index in [4.69, 9.17) is 10.5 Å². The molecule has 2 rings (SSSR count). The van der Waals surface area contributed by atoms with Gasteiger partial charge in [-0.25, -0.2) is 0 Å². The Kier molecular flexibility index (Phi) is 5.76. The van der Waals surface area contributed by atoms with E-state index in [0.29, 0.717) is 11.3 Å². The minimum atomic E-state index is -0.596. The highest BCUT2D eigenvalue weighted by molar-refractivity contribution is 9.10. The van der Waals surface area contributed by atoms with Crippen LogP contribution in [0.5, 0.6) is 5.75 Å². The molecule has 0 saturated carbocycles. The molecule has 23 heavy (non-hydrogen) atoms. The second kappa shape index (κ2) is 7.78. The monoisotopic (exact) mass is 376 g/mol. The molecule has 2 aromatic carbocycles. The highest BCUT2D eigenvalue weighted by Crippen LogP contribution is 2.24. The van der Waals surface area contributed by atoms with E-state index >= 15 is 0 Å². The maximum atomic E-state index is 12.5. The van der Waals surface area contributed by atoms with E-state index in [2.05, 4.69) is 21.2 Å². The molecule has 0 aliphatic heterocycles. The van der Waals surface area contributed by atoms with Gasteiger partial charge in [-0.2, -0.15) is 0 Å². The van der Waals surface area contributed by atoms with Gasteiger partial charge in [0, 0.05) is 4.47 Å². The predicted octanol–water partition coefficient (Wildman–Crippen LogP) is 2.80. The number of primary amides is 1. The number of para-hydroxylation sites is 1. The average molecular weight is 377 g/mol. The van der Waals surface area contributed by atoms with Crippen molar-refractivity contribution in [3.8, 4) is 5.75 Å². The van der Waals surface area contributed by atoms with Crippen molar-refractivity contribution >= 4 is 27.7 Å². The van der Waals surface area contributed by atoms with Crippen LogP contribution in [0.4, 0.5) is 0 Å². The van der Waals surface area contributed by atoms with Gasteiger partial charge in [0.25, 0.3) is 11.8 Å². The van der Waals surface area contributed by atoms with Gasteiger partial charge in [0.1, 0.15) is 5.75 Å². The summed E-state index contributed by atoms with van der Waals surface area (Å²) in [6.45, 7) is 1.62. The summed E-state index contributed by atoms with van der Waals surface area (Å²) in [4.78, 5) is 23.3. The van der Waals surface area contributed by atoms with Crippen molar-refractivity contribution in [1.29, 1.82) is 0 Å². The number of carbonyl (C=O) groups is 2. The number of amides is 2. The summed E-state index contributed by atoms with van der Waals surface area (Å²) in [6.07, 6.45) is 0. The zero-order chi connectivity index (χ0) is 16.8. The fourth-order valence-corrected chi connectivity index (χ4v) is 2.74. The van der Waals surface area contributed by atoms with E-state index in [1.54, 1.807) is 24.3 Å². The number of nitrogens with one attached hydrogen (secondary N) is 1. The van der Waals surface area contributed by atoms with Gasteiger partial charge in [-0.15, -0.1) is 0 Å². The second-order valence-electron chi connectivity index (χ2n) is 4.97. The zero-order valence-electron chi connectivity index (χ0n) is 12.6. The van der Waals surface area contributed by atoms with Crippen molar-refractivity contribution in [2.75, 3.05) is 6.61 Å². The predicted molar refractivity (Wildman–Crippen MR) is 91.2 cm³/mol. The molecule has 6 heteroatoms. The van der Waals surface area contributed by atoms with E-state index in [9.17, 15) is 9.59 Å². The summed E-state index contributed by atoms with van der Waals surface area (Å²) >= 11 is 3.47. The van der Waals surface area contributed by atoms with E-state index in [-0.39, 0.29) is 18.6 Å². The fourth-order valence-electron chi connectivity index (χ4n) is 2.11. The molecule has 1 atom stereocenters. The van der Waals surface area contributed by atoms with E-state index in [1.165, 1.54) is 0 Å². The first-order valence-corrected chi connectivity index (χ1v) is 7.83. The minimum absolute atomic E-state index is 0.192. The van der Waals surface area contributed by atoms with Crippen molar-refractivity contribution in [2.45, 2.75) is 13.0 Å². The molecule has 0 saturated heterocycles. The number of hydrogen-bond acceptors (Lipinski definition) is 3. The molecular weight excluding hydrogens is 360 g/mol. The third-order valence-electron chi connectivity index (χ3n) is 3.22. The first kappa shape index (κ1) is 17.0. The van der Waals surface area contributed by atoms with Gasteiger partial charge >= 0.3 is 0 Å². The zero-order valence-corrected chi connectivity index (χ0v) is 14.2. The maximum absolute atomic E-state index is 12.5. The first-order chi connectivity index (χ1) is 11.0. The number of halogens is 1. The van der Waals surface area contributed by atoms with Crippen LogP contribution in [0.25, 0.3) is 0 Å². The number of ether oxygens (including phenoxy) is 1. The molecule has 2 amide bonds. The van der Waals surface area contributed by atoms with Crippen LogP contribution < -0.4 is 15.8 Å². The topological polar surface area (TPSA) is 81.4 Å². The Morgan fingerprint density at radius 1 is 1.17 bits per heavy atom. The van der Waals surface area contributed by atoms with Crippen LogP contribution in [0, 0.1) is 0 Å². The van der Waals surface area contributed by atoms with Gasteiger partial charge in [0.05, 0.1) is 11.6 Å². The quantitative estimate of drug-likeness (QED) is 0.812. The summed E-state index contributed by atoms with van der Waals surface area (Å²) in [6, 6.07) is 14.2. The van der Waals surface area contributed by atoms with E-state index in [0.717, 1.165) is 10.0 Å². The van der Waals surface area contributed by atoms with Gasteiger partial charge in [0.15, 0.2) is 6.61 Å². The lowest BCUT2D eigenvalue weighted by atomic mass is 10.1. The summed E-state index contributed by atoms with van der Waals surface area (Å²) in [5.41, 5.74) is 6.39. The number of nitrogens with two attached hydrogens (primary N) is 1. The van der Waals surface area contributed by atoms with Crippen LogP contribution in [0.15, 0.2) is 53.0 Å². The number of rotatable bonds is 6. The number of benzene rings is 2. The average Bonchev–Trinajstić information content (AvgIpc) is 2.53. The SMILES string of the molecule is CC(NC(=O)c1ccccc1OCC(N)=O)c1ccccc1Br. The lowest BCUT2D eigenvalue weighted by molar-refractivity contribution is -0.119. The Morgan fingerprint density at radius 2 is 1.83 bits per heavy atom. The van der Waals surface area contributed by atoms with Crippen LogP contribution in [0.3, 0.4) is 0 Å². The Bertz CT molecular complexity index is 718. The molecule has 3 N–H and O–H groups in total. The second-order valence-corrected chi connectivity index (χ2v) is 5.82. The van der Waals surface area contributed by atoms with Crippen LogP contribution in [-0.2, 0) is 4.79 Å². The first-order valence-electron chi connectivity index (χ1n) is 7.04. The third kappa shape index (κ3) is 4.56. The number of carbonyl (C=O) groups excluding carboxylic acids is 2. The van der Waals surface area contributed by atoms with Crippen LogP contribution >= 0.6 is 15.9 Å². The van der Waals surface area contributed by atoms with Gasteiger partial charge < -0.3 is 15.8 Å². The van der Waals surface area contributed by atoms with Crippen LogP contribution in [0.2, 0.25) is 0 Å². The third-order valence-corrected chi connectivity index (χ3v) is 3.94. The van der Waals surface area contributed by atoms with Crippen LogP contribution in [-0.4, -0.2) is 18.4 Å². The molecule has 0 spiro atoms. The van der Waals surface area contributed by atoms with Crippen molar-refractivity contribution < 1.29 is 14.3 Å². The summed E-state index contributed by atoms with van der Waals surface area (Å²) in [5, 5.41) is 2.92. The smallest absolute Gasteiger partial charge is 0.255 e. The standard InChI is InChI=1S/C17H17BrN2O3/c1-11(12-6-2-4-8-14(12)18)20-17(22)13-7-3-5-9-15(13)23-10-16(19)21/h2-9,11H,10H2,1H3,(H2,19,21)(H,20,22). The van der Waals surface area contributed by atoms with Gasteiger partial charge in [-0.05, 0) is 30.7 Å².